The molecular weight excluding hydrogens is 290 g/mol. The molecule has 0 aliphatic carbocycles. The van der Waals surface area contributed by atoms with E-state index in [0.29, 0.717) is 17.0 Å². The molecule has 0 atom stereocenters. The zero-order valence-corrected chi connectivity index (χ0v) is 11.4. The molecular formula is C14H9N3O3S. The van der Waals surface area contributed by atoms with Gasteiger partial charge in [-0.25, -0.2) is 14.8 Å². The molecule has 0 amide bonds. The Morgan fingerprint density at radius 2 is 1.90 bits per heavy atom. The summed E-state index contributed by atoms with van der Waals surface area (Å²) in [7, 11) is 0. The van der Waals surface area contributed by atoms with Crippen LogP contribution in [0.1, 0.15) is 9.67 Å². The number of hydrogen-bond acceptors (Lipinski definition) is 6. The third-order valence-corrected chi connectivity index (χ3v) is 3.52. The fourth-order valence-electron chi connectivity index (χ4n) is 1.70. The van der Waals surface area contributed by atoms with E-state index in [2.05, 4.69) is 15.0 Å². The van der Waals surface area contributed by atoms with Crippen molar-refractivity contribution in [2.45, 2.75) is 0 Å². The van der Waals surface area contributed by atoms with Gasteiger partial charge in [0.2, 0.25) is 0 Å². The number of carboxylic acids is 1. The Kier molecular flexibility index (Phi) is 3.57. The van der Waals surface area contributed by atoms with E-state index in [0.717, 1.165) is 11.3 Å². The normalized spacial score (nSPS) is 10.3. The summed E-state index contributed by atoms with van der Waals surface area (Å²) in [6.45, 7) is 0. The molecule has 0 spiro atoms. The van der Waals surface area contributed by atoms with Gasteiger partial charge in [0.1, 0.15) is 10.6 Å². The van der Waals surface area contributed by atoms with Gasteiger partial charge in [-0.1, -0.05) is 0 Å². The average molecular weight is 299 g/mol. The lowest BCUT2D eigenvalue weighted by Gasteiger charge is -2.07. The van der Waals surface area contributed by atoms with Crippen molar-refractivity contribution >= 4 is 17.3 Å². The molecule has 0 aromatic carbocycles. The summed E-state index contributed by atoms with van der Waals surface area (Å²) < 4.78 is 5.61. The van der Waals surface area contributed by atoms with Gasteiger partial charge in [-0.3, -0.25) is 4.98 Å². The Hall–Kier alpha value is -2.80. The summed E-state index contributed by atoms with van der Waals surface area (Å²) >= 11 is 1.14. The highest BCUT2D eigenvalue weighted by molar-refractivity contribution is 7.12. The molecule has 21 heavy (non-hydrogen) atoms. The number of pyridine rings is 1. The first kappa shape index (κ1) is 13.2. The first-order chi connectivity index (χ1) is 10.2. The minimum Gasteiger partial charge on any atom is -0.477 e. The van der Waals surface area contributed by atoms with Gasteiger partial charge < -0.3 is 9.84 Å². The lowest BCUT2D eigenvalue weighted by Crippen LogP contribution is -1.94. The Morgan fingerprint density at radius 3 is 2.62 bits per heavy atom. The van der Waals surface area contributed by atoms with Gasteiger partial charge in [0.15, 0.2) is 5.75 Å². The summed E-state index contributed by atoms with van der Waals surface area (Å²) in [5.41, 5.74) is 1.23. The Balaban J connectivity index is 1.97. The molecule has 0 aliphatic rings. The van der Waals surface area contributed by atoms with Crippen molar-refractivity contribution in [1.29, 1.82) is 0 Å². The van der Waals surface area contributed by atoms with E-state index >= 15 is 0 Å². The van der Waals surface area contributed by atoms with E-state index in [9.17, 15) is 4.79 Å². The highest BCUT2D eigenvalue weighted by Gasteiger charge is 2.14. The zero-order valence-electron chi connectivity index (χ0n) is 10.6. The van der Waals surface area contributed by atoms with Gasteiger partial charge in [-0.15, -0.1) is 11.3 Å². The van der Waals surface area contributed by atoms with E-state index in [1.165, 1.54) is 0 Å². The molecule has 0 unspecified atom stereocenters. The van der Waals surface area contributed by atoms with Gasteiger partial charge >= 0.3 is 12.0 Å². The first-order valence-electron chi connectivity index (χ1n) is 5.96. The van der Waals surface area contributed by atoms with Crippen LogP contribution in [-0.2, 0) is 0 Å². The predicted molar refractivity (Wildman–Crippen MR) is 76.6 cm³/mol. The van der Waals surface area contributed by atoms with Gasteiger partial charge in [0, 0.05) is 29.5 Å². The number of hydrogen-bond donors (Lipinski definition) is 1. The number of carboxylic acid groups (broad SMARTS) is 1. The number of aromatic carboxylic acids is 1. The predicted octanol–water partition coefficient (Wildman–Crippen LogP) is 3.09. The average Bonchev–Trinajstić information content (AvgIpc) is 2.99. The van der Waals surface area contributed by atoms with Crippen LogP contribution in [0.15, 0.2) is 48.2 Å². The van der Waals surface area contributed by atoms with Crippen molar-refractivity contribution in [3.63, 3.8) is 0 Å². The van der Waals surface area contributed by atoms with Crippen LogP contribution in [0.2, 0.25) is 0 Å². The van der Waals surface area contributed by atoms with E-state index in [-0.39, 0.29) is 10.9 Å². The summed E-state index contributed by atoms with van der Waals surface area (Å²) in [5, 5.41) is 10.7. The lowest BCUT2D eigenvalue weighted by atomic mass is 10.2. The van der Waals surface area contributed by atoms with Crippen LogP contribution >= 0.6 is 11.3 Å². The number of aromatic nitrogens is 3. The van der Waals surface area contributed by atoms with Gasteiger partial charge in [0.25, 0.3) is 0 Å². The largest absolute Gasteiger partial charge is 0.477 e. The molecule has 104 valence electrons. The molecule has 3 aromatic rings. The van der Waals surface area contributed by atoms with Gasteiger partial charge in [-0.05, 0) is 24.3 Å². The highest BCUT2D eigenvalue weighted by Crippen LogP contribution is 2.32. The SMILES string of the molecule is O=C(O)c1cc(-c2ncccc2Oc2ncccn2)cs1. The maximum Gasteiger partial charge on any atom is 0.345 e. The van der Waals surface area contributed by atoms with Gasteiger partial charge in [0.05, 0.1) is 0 Å². The fraction of sp³-hybridized carbons (Fsp3) is 0. The second kappa shape index (κ2) is 5.68. The van der Waals surface area contributed by atoms with E-state index < -0.39 is 5.97 Å². The molecule has 0 aliphatic heterocycles. The van der Waals surface area contributed by atoms with Crippen LogP contribution < -0.4 is 4.74 Å². The number of carbonyl (C=O) groups is 1. The van der Waals surface area contributed by atoms with E-state index in [1.54, 1.807) is 48.2 Å². The maximum absolute atomic E-state index is 11.0. The summed E-state index contributed by atoms with van der Waals surface area (Å²) in [5.74, 6) is -0.491. The number of nitrogens with zero attached hydrogens (tertiary/aromatic N) is 3. The number of ether oxygens (including phenoxy) is 1. The molecule has 0 radical (unpaired) electrons. The third-order valence-electron chi connectivity index (χ3n) is 2.60. The monoisotopic (exact) mass is 299 g/mol. The van der Waals surface area contributed by atoms with Crippen molar-refractivity contribution in [3.8, 4) is 23.0 Å². The molecule has 0 fully saturated rings. The standard InChI is InChI=1S/C14H9N3O3S/c18-13(19)11-7-9(8-21-11)12-10(3-1-4-15-12)20-14-16-5-2-6-17-14/h1-8H,(H,18,19). The molecule has 7 heteroatoms. The van der Waals surface area contributed by atoms with Crippen molar-refractivity contribution in [3.05, 3.63) is 53.1 Å². The summed E-state index contributed by atoms with van der Waals surface area (Å²) in [6, 6.07) is 6.92. The first-order valence-corrected chi connectivity index (χ1v) is 6.84. The molecule has 0 saturated carbocycles. The molecule has 3 heterocycles. The topological polar surface area (TPSA) is 85.2 Å². The van der Waals surface area contributed by atoms with Crippen LogP contribution in [0.4, 0.5) is 0 Å². The molecule has 0 bridgehead atoms. The highest BCUT2D eigenvalue weighted by atomic mass is 32.1. The minimum atomic E-state index is -0.962. The molecule has 3 aromatic heterocycles. The second-order valence-corrected chi connectivity index (χ2v) is 4.90. The number of thiophene rings is 1. The van der Waals surface area contributed by atoms with Crippen LogP contribution in [-0.4, -0.2) is 26.0 Å². The van der Waals surface area contributed by atoms with E-state index in [4.69, 9.17) is 9.84 Å². The number of rotatable bonds is 4. The quantitative estimate of drug-likeness (QED) is 0.796. The second-order valence-electron chi connectivity index (χ2n) is 3.99. The van der Waals surface area contributed by atoms with Crippen LogP contribution in [0.5, 0.6) is 11.8 Å². The summed E-state index contributed by atoms with van der Waals surface area (Å²) in [6.07, 6.45) is 4.77. The van der Waals surface area contributed by atoms with Crippen LogP contribution in [0, 0.1) is 0 Å². The zero-order chi connectivity index (χ0) is 14.7. The maximum atomic E-state index is 11.0. The lowest BCUT2D eigenvalue weighted by molar-refractivity contribution is 0.0702. The third kappa shape index (κ3) is 2.87. The molecule has 6 nitrogen and oxygen atoms in total. The van der Waals surface area contributed by atoms with Crippen LogP contribution in [0.3, 0.4) is 0 Å². The Bertz CT molecular complexity index is 774. The van der Waals surface area contributed by atoms with Gasteiger partial charge in [-0.2, -0.15) is 0 Å². The minimum absolute atomic E-state index is 0.209. The fourth-order valence-corrected chi connectivity index (χ4v) is 2.43. The van der Waals surface area contributed by atoms with E-state index in [1.807, 2.05) is 0 Å². The van der Waals surface area contributed by atoms with Crippen LogP contribution in [0.25, 0.3) is 11.3 Å². The molecule has 3 rings (SSSR count). The Labute approximate surface area is 123 Å². The van der Waals surface area contributed by atoms with Crippen molar-refractivity contribution < 1.29 is 14.6 Å². The van der Waals surface area contributed by atoms with Crippen molar-refractivity contribution in [2.75, 3.05) is 0 Å². The molecule has 0 saturated heterocycles. The summed E-state index contributed by atoms with van der Waals surface area (Å²) in [4.78, 5) is 23.4. The molecule has 1 N–H and O–H groups in total. The van der Waals surface area contributed by atoms with Crippen molar-refractivity contribution in [2.24, 2.45) is 0 Å². The Morgan fingerprint density at radius 1 is 1.14 bits per heavy atom. The van der Waals surface area contributed by atoms with Crippen molar-refractivity contribution in [1.82, 2.24) is 15.0 Å². The smallest absolute Gasteiger partial charge is 0.345 e.